The summed E-state index contributed by atoms with van der Waals surface area (Å²) in [4.78, 5) is 11.7. The van der Waals surface area contributed by atoms with Crippen LogP contribution in [0.4, 0.5) is 5.69 Å². The van der Waals surface area contributed by atoms with Crippen LogP contribution in [0, 0.1) is 6.92 Å². The first-order chi connectivity index (χ1) is 8.04. The van der Waals surface area contributed by atoms with Crippen LogP contribution in [0.5, 0.6) is 0 Å². The first-order valence-electron chi connectivity index (χ1n) is 5.81. The van der Waals surface area contributed by atoms with E-state index in [0.717, 1.165) is 5.69 Å². The van der Waals surface area contributed by atoms with Gasteiger partial charge in [-0.15, -0.1) is 0 Å². The maximum absolute atomic E-state index is 11.7. The van der Waals surface area contributed by atoms with Gasteiger partial charge >= 0.3 is 0 Å². The highest BCUT2D eigenvalue weighted by molar-refractivity contribution is 5.89. The molecule has 2 unspecified atom stereocenters. The van der Waals surface area contributed by atoms with E-state index >= 15 is 0 Å². The van der Waals surface area contributed by atoms with Crippen LogP contribution in [0.2, 0.25) is 0 Å². The van der Waals surface area contributed by atoms with E-state index in [1.165, 1.54) is 5.56 Å². The zero-order valence-corrected chi connectivity index (χ0v) is 10.2. The summed E-state index contributed by atoms with van der Waals surface area (Å²) in [5, 5.41) is 3.23. The van der Waals surface area contributed by atoms with Crippen LogP contribution < -0.4 is 11.1 Å². The lowest BCUT2D eigenvalue weighted by Gasteiger charge is -2.31. The molecule has 0 bridgehead atoms. The number of nitrogens with one attached hydrogen (secondary N) is 1. The zero-order chi connectivity index (χ0) is 12.5. The van der Waals surface area contributed by atoms with Crippen LogP contribution in [0.25, 0.3) is 0 Å². The summed E-state index contributed by atoms with van der Waals surface area (Å²) in [6.07, 6.45) is 0.401. The summed E-state index contributed by atoms with van der Waals surface area (Å²) in [6.45, 7) is 4.46. The molecule has 0 aromatic heterocycles. The lowest BCUT2D eigenvalue weighted by atomic mass is 9.90. The largest absolute Gasteiger partial charge is 0.375 e. The highest BCUT2D eigenvalue weighted by atomic mass is 16.5. The Hall–Kier alpha value is -1.55. The monoisotopic (exact) mass is 234 g/mol. The maximum Gasteiger partial charge on any atom is 0.245 e. The molecule has 2 atom stereocenters. The van der Waals surface area contributed by atoms with Crippen LogP contribution in [0.3, 0.4) is 0 Å². The summed E-state index contributed by atoms with van der Waals surface area (Å²) in [5.41, 5.74) is 6.81. The Bertz CT molecular complexity index is 416. The molecule has 1 amide bonds. The number of nitrogens with two attached hydrogens (primary N) is 1. The quantitative estimate of drug-likeness (QED) is 0.831. The Morgan fingerprint density at radius 1 is 1.47 bits per heavy atom. The van der Waals surface area contributed by atoms with Crippen molar-refractivity contribution in [3.8, 4) is 0 Å². The van der Waals surface area contributed by atoms with Crippen molar-refractivity contribution in [2.45, 2.75) is 31.9 Å². The third-order valence-corrected chi connectivity index (χ3v) is 3.42. The predicted molar refractivity (Wildman–Crippen MR) is 66.8 cm³/mol. The molecule has 1 aromatic carbocycles. The molecular weight excluding hydrogens is 216 g/mol. The summed E-state index contributed by atoms with van der Waals surface area (Å²) >= 11 is 0. The molecule has 1 heterocycles. The number of primary amides is 1. The maximum atomic E-state index is 11.7. The molecule has 1 aromatic rings. The van der Waals surface area contributed by atoms with Gasteiger partial charge in [0.2, 0.25) is 5.91 Å². The normalized spacial score (nSPS) is 28.0. The zero-order valence-electron chi connectivity index (χ0n) is 10.2. The number of hydrogen-bond acceptors (Lipinski definition) is 3. The smallest absolute Gasteiger partial charge is 0.245 e. The molecule has 1 aliphatic heterocycles. The van der Waals surface area contributed by atoms with Crippen molar-refractivity contribution in [1.29, 1.82) is 0 Å². The predicted octanol–water partition coefficient (Wildman–Crippen LogP) is 1.44. The van der Waals surface area contributed by atoms with Gasteiger partial charge in [-0.1, -0.05) is 17.7 Å². The van der Waals surface area contributed by atoms with Crippen LogP contribution in [0.15, 0.2) is 24.3 Å². The number of amides is 1. The minimum absolute atomic E-state index is 0.207. The lowest BCUT2D eigenvalue weighted by molar-refractivity contribution is -0.123. The molecule has 0 aliphatic carbocycles. The van der Waals surface area contributed by atoms with Gasteiger partial charge in [0.25, 0.3) is 0 Å². The number of benzene rings is 1. The van der Waals surface area contributed by atoms with Crippen molar-refractivity contribution in [3.63, 3.8) is 0 Å². The second kappa shape index (κ2) is 4.37. The van der Waals surface area contributed by atoms with Crippen LogP contribution >= 0.6 is 0 Å². The Balaban J connectivity index is 2.24. The average molecular weight is 234 g/mol. The minimum Gasteiger partial charge on any atom is -0.375 e. The molecule has 1 aliphatic rings. The molecule has 3 N–H and O–H groups in total. The molecular formula is C13H18N2O2. The second-order valence-electron chi connectivity index (χ2n) is 4.59. The molecule has 2 rings (SSSR count). The summed E-state index contributed by atoms with van der Waals surface area (Å²) < 4.78 is 5.46. The van der Waals surface area contributed by atoms with Gasteiger partial charge in [0.05, 0.1) is 6.10 Å². The fourth-order valence-electron chi connectivity index (χ4n) is 2.19. The van der Waals surface area contributed by atoms with Gasteiger partial charge < -0.3 is 15.8 Å². The summed E-state index contributed by atoms with van der Waals surface area (Å²) in [7, 11) is 0. The van der Waals surface area contributed by atoms with Gasteiger partial charge in [-0.3, -0.25) is 4.79 Å². The van der Waals surface area contributed by atoms with Crippen molar-refractivity contribution in [1.82, 2.24) is 0 Å². The number of hydrogen-bond donors (Lipinski definition) is 2. The van der Waals surface area contributed by atoms with Crippen LogP contribution in [0.1, 0.15) is 18.9 Å². The topological polar surface area (TPSA) is 64.3 Å². The number of carbonyl (C=O) groups is 1. The Kier molecular flexibility index (Phi) is 3.07. The number of anilines is 1. The lowest BCUT2D eigenvalue weighted by Crippen LogP contribution is -2.55. The Morgan fingerprint density at radius 3 is 2.59 bits per heavy atom. The van der Waals surface area contributed by atoms with Crippen molar-refractivity contribution in [2.24, 2.45) is 5.73 Å². The minimum atomic E-state index is -0.782. The van der Waals surface area contributed by atoms with Gasteiger partial charge in [-0.2, -0.15) is 0 Å². The van der Waals surface area contributed by atoms with Gasteiger partial charge in [-0.05, 0) is 26.0 Å². The van der Waals surface area contributed by atoms with E-state index < -0.39 is 5.54 Å². The Morgan fingerprint density at radius 2 is 2.12 bits per heavy atom. The number of ether oxygens (including phenoxy) is 1. The molecule has 4 nitrogen and oxygen atoms in total. The first-order valence-corrected chi connectivity index (χ1v) is 5.81. The van der Waals surface area contributed by atoms with E-state index in [1.807, 2.05) is 38.1 Å². The fraction of sp³-hybridized carbons (Fsp3) is 0.462. The molecule has 0 radical (unpaired) electrons. The number of rotatable bonds is 3. The van der Waals surface area contributed by atoms with Gasteiger partial charge in [-0.25, -0.2) is 0 Å². The van der Waals surface area contributed by atoms with Crippen molar-refractivity contribution < 1.29 is 9.53 Å². The third-order valence-electron chi connectivity index (χ3n) is 3.42. The molecule has 0 spiro atoms. The fourth-order valence-corrected chi connectivity index (χ4v) is 2.19. The number of aryl methyl sites for hydroxylation is 1. The molecule has 92 valence electrons. The highest BCUT2D eigenvalue weighted by Crippen LogP contribution is 2.29. The van der Waals surface area contributed by atoms with E-state index in [-0.39, 0.29) is 12.0 Å². The van der Waals surface area contributed by atoms with Gasteiger partial charge in [0.15, 0.2) is 0 Å². The number of carbonyl (C=O) groups excluding carboxylic acids is 1. The van der Waals surface area contributed by atoms with E-state index in [4.69, 9.17) is 10.5 Å². The molecule has 1 saturated heterocycles. The van der Waals surface area contributed by atoms with E-state index in [1.54, 1.807) is 0 Å². The average Bonchev–Trinajstić information content (AvgIpc) is 2.65. The van der Waals surface area contributed by atoms with E-state index in [2.05, 4.69) is 5.32 Å². The third kappa shape index (κ3) is 2.13. The van der Waals surface area contributed by atoms with Gasteiger partial charge in [0, 0.05) is 18.7 Å². The first kappa shape index (κ1) is 11.9. The Labute approximate surface area is 101 Å². The highest BCUT2D eigenvalue weighted by Gasteiger charge is 2.46. The van der Waals surface area contributed by atoms with Crippen molar-refractivity contribution in [2.75, 3.05) is 11.9 Å². The van der Waals surface area contributed by atoms with Gasteiger partial charge in [0.1, 0.15) is 5.54 Å². The molecule has 4 heteroatoms. The van der Waals surface area contributed by atoms with Crippen LogP contribution in [-0.2, 0) is 9.53 Å². The van der Waals surface area contributed by atoms with Crippen molar-refractivity contribution in [3.05, 3.63) is 29.8 Å². The van der Waals surface area contributed by atoms with E-state index in [9.17, 15) is 4.79 Å². The summed E-state index contributed by atoms with van der Waals surface area (Å²) in [6, 6.07) is 7.89. The molecule has 17 heavy (non-hydrogen) atoms. The van der Waals surface area contributed by atoms with Crippen molar-refractivity contribution >= 4 is 11.6 Å². The standard InChI is InChI=1S/C13H18N2O2/c1-9-3-5-11(6-4-9)15-13(12(14)16)7-8-17-10(13)2/h3-6,10,15H,7-8H2,1-2H3,(H2,14,16). The van der Waals surface area contributed by atoms with E-state index in [0.29, 0.717) is 13.0 Å². The SMILES string of the molecule is Cc1ccc(NC2(C(N)=O)CCOC2C)cc1. The second-order valence-corrected chi connectivity index (χ2v) is 4.59. The van der Waals surface area contributed by atoms with Crippen LogP contribution in [-0.4, -0.2) is 24.2 Å². The molecule has 0 saturated carbocycles. The summed E-state index contributed by atoms with van der Waals surface area (Å²) in [5.74, 6) is -0.358. The molecule has 1 fully saturated rings.